The van der Waals surface area contributed by atoms with Crippen LogP contribution in [-0.4, -0.2) is 65.5 Å². The molecule has 0 amide bonds. The average molecular weight is 505 g/mol. The number of aryl methyl sites for hydroxylation is 1. The highest BCUT2D eigenvalue weighted by Crippen LogP contribution is 2.37. The topological polar surface area (TPSA) is 102 Å². The van der Waals surface area contributed by atoms with Gasteiger partial charge in [-0.15, -0.1) is 10.2 Å². The van der Waals surface area contributed by atoms with Crippen LogP contribution in [0.3, 0.4) is 0 Å². The van der Waals surface area contributed by atoms with Crippen LogP contribution in [0.5, 0.6) is 0 Å². The van der Waals surface area contributed by atoms with Crippen molar-refractivity contribution in [3.8, 4) is 5.13 Å². The Morgan fingerprint density at radius 1 is 1.24 bits per heavy atom. The zero-order chi connectivity index (χ0) is 24.0. The normalized spacial score (nSPS) is 15.7. The van der Waals surface area contributed by atoms with Crippen molar-refractivity contribution in [1.29, 1.82) is 0 Å². The predicted octanol–water partition coefficient (Wildman–Crippen LogP) is 2.31. The van der Waals surface area contributed by atoms with Crippen LogP contribution in [0.4, 0.5) is 13.2 Å². The number of fused-ring (bicyclic) bond motifs is 1. The molecular formula is C19H23F3N6O3S2. The first-order chi connectivity index (χ1) is 15.6. The molecule has 1 aromatic carbocycles. The molecule has 33 heavy (non-hydrogen) atoms. The van der Waals surface area contributed by atoms with Gasteiger partial charge in [-0.25, -0.2) is 35.7 Å². The van der Waals surface area contributed by atoms with Crippen molar-refractivity contribution in [1.82, 2.24) is 29.0 Å². The van der Waals surface area contributed by atoms with Crippen LogP contribution in [0, 0.1) is 0 Å². The Labute approximate surface area is 191 Å². The number of halogens is 3. The summed E-state index contributed by atoms with van der Waals surface area (Å²) in [5, 5.41) is 6.54. The van der Waals surface area contributed by atoms with E-state index in [1.807, 2.05) is 19.0 Å². The smallest absolute Gasteiger partial charge is 0.309 e. The molecule has 0 radical (unpaired) electrons. The molecule has 1 N–H and O–H groups in total. The van der Waals surface area contributed by atoms with Crippen LogP contribution in [0.25, 0.3) is 16.2 Å². The van der Waals surface area contributed by atoms with Crippen molar-refractivity contribution in [2.24, 2.45) is 0 Å². The molecule has 1 aliphatic rings. The number of rotatable bonds is 10. The number of nitrogens with zero attached hydrogens (tertiary/aromatic N) is 5. The highest BCUT2D eigenvalue weighted by Gasteiger charge is 2.46. The summed E-state index contributed by atoms with van der Waals surface area (Å²) < 4.78 is 70.1. The Kier molecular flexibility index (Phi) is 6.37. The maximum atomic E-state index is 13.3. The van der Waals surface area contributed by atoms with Crippen LogP contribution in [0.2, 0.25) is 0 Å². The van der Waals surface area contributed by atoms with Gasteiger partial charge in [0.25, 0.3) is 6.43 Å². The predicted molar refractivity (Wildman–Crippen MR) is 117 cm³/mol. The maximum absolute atomic E-state index is 13.3. The molecule has 0 unspecified atom stereocenters. The van der Waals surface area contributed by atoms with Crippen molar-refractivity contribution < 1.29 is 21.6 Å². The van der Waals surface area contributed by atoms with Crippen molar-refractivity contribution >= 4 is 32.4 Å². The number of nitrogens with one attached hydrogen (secondary N) is 1. The molecule has 9 nitrogen and oxygen atoms in total. The first kappa shape index (κ1) is 23.9. The summed E-state index contributed by atoms with van der Waals surface area (Å²) in [5.41, 5.74) is -1.00. The second-order valence-corrected chi connectivity index (χ2v) is 11.0. The van der Waals surface area contributed by atoms with Crippen molar-refractivity contribution in [2.45, 2.75) is 42.7 Å². The van der Waals surface area contributed by atoms with Gasteiger partial charge in [0.2, 0.25) is 15.2 Å². The minimum atomic E-state index is -4.07. The van der Waals surface area contributed by atoms with E-state index in [1.165, 1.54) is 22.8 Å². The summed E-state index contributed by atoms with van der Waals surface area (Å²) in [4.78, 5) is 15.0. The Bertz CT molecular complexity index is 1330. The fourth-order valence-corrected chi connectivity index (χ4v) is 5.68. The molecule has 14 heteroatoms. The van der Waals surface area contributed by atoms with Gasteiger partial charge in [-0.05, 0) is 58.1 Å². The van der Waals surface area contributed by atoms with Gasteiger partial charge < -0.3 is 4.90 Å². The minimum absolute atomic E-state index is 0.0865. The van der Waals surface area contributed by atoms with E-state index >= 15 is 0 Å². The SMILES string of the molecule is CN(C)CCCn1c(=O)n(-c2nnc(C(F)F)s2)c2cc(S(=O)(=O)NC3(CF)CC3)ccc21. The van der Waals surface area contributed by atoms with Gasteiger partial charge in [0.05, 0.1) is 21.5 Å². The summed E-state index contributed by atoms with van der Waals surface area (Å²) in [6.45, 7) is 0.216. The molecule has 0 spiro atoms. The lowest BCUT2D eigenvalue weighted by molar-refractivity contribution is 0.150. The monoisotopic (exact) mass is 504 g/mol. The summed E-state index contributed by atoms with van der Waals surface area (Å²) in [5.74, 6) is 0. The van der Waals surface area contributed by atoms with Gasteiger partial charge in [-0.1, -0.05) is 11.3 Å². The van der Waals surface area contributed by atoms with Gasteiger partial charge in [-0.2, -0.15) is 0 Å². The van der Waals surface area contributed by atoms with Crippen molar-refractivity contribution in [3.63, 3.8) is 0 Å². The molecule has 0 bridgehead atoms. The fraction of sp³-hybridized carbons (Fsp3) is 0.526. The third-order valence-electron chi connectivity index (χ3n) is 5.47. The lowest BCUT2D eigenvalue weighted by atomic mass is 10.3. The number of alkyl halides is 3. The molecule has 1 aliphatic carbocycles. The highest BCUT2D eigenvalue weighted by molar-refractivity contribution is 7.89. The van der Waals surface area contributed by atoms with Gasteiger partial charge in [0.15, 0.2) is 5.01 Å². The molecule has 180 valence electrons. The first-order valence-corrected chi connectivity index (χ1v) is 12.5. The number of hydrogen-bond acceptors (Lipinski definition) is 7. The standard InChI is InChI=1S/C19H23F3N6O3S2/c1-26(2)8-3-9-27-13-5-4-12(33(30,31)25-19(11-20)6-7-19)10-14(13)28(18(27)29)17-24-23-16(32-17)15(21)22/h4-5,10,15,25H,3,6-9,11H2,1-2H3. The van der Waals surface area contributed by atoms with Gasteiger partial charge in [0, 0.05) is 6.54 Å². The van der Waals surface area contributed by atoms with E-state index in [1.54, 1.807) is 0 Å². The van der Waals surface area contributed by atoms with E-state index in [4.69, 9.17) is 0 Å². The third kappa shape index (κ3) is 4.69. The minimum Gasteiger partial charge on any atom is -0.309 e. The Morgan fingerprint density at radius 2 is 1.97 bits per heavy atom. The van der Waals surface area contributed by atoms with Crippen molar-refractivity contribution in [3.05, 3.63) is 33.7 Å². The van der Waals surface area contributed by atoms with Crippen LogP contribution in [-0.2, 0) is 16.6 Å². The molecule has 1 fully saturated rings. The zero-order valence-corrected chi connectivity index (χ0v) is 19.6. The van der Waals surface area contributed by atoms with Gasteiger partial charge in [-0.3, -0.25) is 4.57 Å². The second-order valence-electron chi connectivity index (χ2n) is 8.32. The fourth-order valence-electron chi connectivity index (χ4n) is 3.51. The van der Waals surface area contributed by atoms with E-state index in [2.05, 4.69) is 14.9 Å². The molecule has 4 rings (SSSR count). The van der Waals surface area contributed by atoms with Crippen LogP contribution < -0.4 is 10.4 Å². The summed E-state index contributed by atoms with van der Waals surface area (Å²) in [6.07, 6.45) is -1.42. The summed E-state index contributed by atoms with van der Waals surface area (Å²) in [6, 6.07) is 4.11. The third-order valence-corrected chi connectivity index (χ3v) is 7.96. The van der Waals surface area contributed by atoms with Gasteiger partial charge >= 0.3 is 5.69 Å². The van der Waals surface area contributed by atoms with E-state index in [0.717, 1.165) is 4.57 Å². The first-order valence-electron chi connectivity index (χ1n) is 10.2. The molecule has 3 aromatic rings. The number of aromatic nitrogens is 4. The van der Waals surface area contributed by atoms with Crippen molar-refractivity contribution in [2.75, 3.05) is 27.3 Å². The number of hydrogen-bond donors (Lipinski definition) is 1. The Morgan fingerprint density at radius 3 is 2.55 bits per heavy atom. The van der Waals surface area contributed by atoms with Gasteiger partial charge in [0.1, 0.15) is 6.67 Å². The van der Waals surface area contributed by atoms with Crippen LogP contribution in [0.15, 0.2) is 27.9 Å². The van der Waals surface area contributed by atoms with E-state index < -0.39 is 39.4 Å². The molecule has 0 saturated heterocycles. The Balaban J connectivity index is 1.83. The zero-order valence-electron chi connectivity index (χ0n) is 18.0. The molecule has 2 aromatic heterocycles. The lowest BCUT2D eigenvalue weighted by Gasteiger charge is -2.14. The molecular weight excluding hydrogens is 481 g/mol. The molecule has 1 saturated carbocycles. The van der Waals surface area contributed by atoms with E-state index in [0.29, 0.717) is 49.2 Å². The van der Waals surface area contributed by atoms with E-state index in [9.17, 15) is 26.4 Å². The maximum Gasteiger partial charge on any atom is 0.335 e. The summed E-state index contributed by atoms with van der Waals surface area (Å²) >= 11 is 0.557. The van der Waals surface area contributed by atoms with Crippen LogP contribution in [0.1, 0.15) is 30.7 Å². The largest absolute Gasteiger partial charge is 0.335 e. The Hall–Kier alpha value is -2.29. The molecule has 0 atom stereocenters. The molecule has 0 aliphatic heterocycles. The summed E-state index contributed by atoms with van der Waals surface area (Å²) in [7, 11) is -0.280. The number of benzene rings is 1. The van der Waals surface area contributed by atoms with E-state index in [-0.39, 0.29) is 15.5 Å². The lowest BCUT2D eigenvalue weighted by Crippen LogP contribution is -2.38. The second kappa shape index (κ2) is 8.81. The number of sulfonamides is 1. The quantitative estimate of drug-likeness (QED) is 0.455. The average Bonchev–Trinajstić information content (AvgIpc) is 3.23. The van der Waals surface area contributed by atoms with Crippen LogP contribution >= 0.6 is 11.3 Å². The number of imidazole rings is 1. The molecule has 2 heterocycles. The highest BCUT2D eigenvalue weighted by atomic mass is 32.2.